The molecule has 0 spiro atoms. The van der Waals surface area contributed by atoms with Crippen LogP contribution in [-0.2, 0) is 16.1 Å². The van der Waals surface area contributed by atoms with Gasteiger partial charge in [0.25, 0.3) is 5.91 Å². The van der Waals surface area contributed by atoms with Gasteiger partial charge in [-0.3, -0.25) is 25.0 Å². The molecule has 114 valence electrons. The van der Waals surface area contributed by atoms with Crippen LogP contribution in [0.15, 0.2) is 18.2 Å². The number of amides is 4. The molecule has 0 radical (unpaired) electrons. The van der Waals surface area contributed by atoms with Gasteiger partial charge >= 0.3 is 6.09 Å². The number of hydrogen-bond donors (Lipinski definition) is 3. The van der Waals surface area contributed by atoms with Crippen molar-refractivity contribution >= 4 is 29.5 Å². The molecule has 2 aliphatic heterocycles. The van der Waals surface area contributed by atoms with Crippen molar-refractivity contribution in [3.8, 4) is 0 Å². The Hall–Kier alpha value is -2.90. The largest absolute Gasteiger partial charge is 0.465 e. The summed E-state index contributed by atoms with van der Waals surface area (Å²) in [5, 5.41) is 13.3. The summed E-state index contributed by atoms with van der Waals surface area (Å²) in [7, 11) is 0. The second kappa shape index (κ2) is 5.14. The molecular formula is C14H13N3O5. The summed E-state index contributed by atoms with van der Waals surface area (Å²) in [6.07, 6.45) is -0.775. The summed E-state index contributed by atoms with van der Waals surface area (Å²) in [5.74, 6) is -1.18. The number of hydrogen-bond acceptors (Lipinski definition) is 4. The van der Waals surface area contributed by atoms with Gasteiger partial charge in [-0.1, -0.05) is 6.07 Å². The van der Waals surface area contributed by atoms with Gasteiger partial charge in [0.05, 0.1) is 0 Å². The van der Waals surface area contributed by atoms with E-state index in [-0.39, 0.29) is 31.2 Å². The highest BCUT2D eigenvalue weighted by Gasteiger charge is 2.39. The third-order valence-electron chi connectivity index (χ3n) is 3.82. The highest BCUT2D eigenvalue weighted by atomic mass is 16.4. The van der Waals surface area contributed by atoms with E-state index >= 15 is 0 Å². The first kappa shape index (κ1) is 14.1. The van der Waals surface area contributed by atoms with Gasteiger partial charge < -0.3 is 10.0 Å². The quantitative estimate of drug-likeness (QED) is 0.689. The summed E-state index contributed by atoms with van der Waals surface area (Å²) in [6, 6.07) is 4.02. The normalized spacial score (nSPS) is 20.6. The Bertz CT molecular complexity index is 700. The lowest BCUT2D eigenvalue weighted by Gasteiger charge is -2.29. The molecule has 0 saturated carbocycles. The number of anilines is 1. The third kappa shape index (κ3) is 2.28. The lowest BCUT2D eigenvalue weighted by Crippen LogP contribution is -2.52. The second-order valence-electron chi connectivity index (χ2n) is 5.16. The first-order valence-electron chi connectivity index (χ1n) is 6.74. The maximum absolute atomic E-state index is 12.4. The number of benzene rings is 1. The van der Waals surface area contributed by atoms with E-state index in [4.69, 9.17) is 5.11 Å². The topological polar surface area (TPSA) is 116 Å². The van der Waals surface area contributed by atoms with Crippen LogP contribution in [0, 0.1) is 0 Å². The standard InChI is InChI=1S/C14H13N3O5/c18-11-5-4-10(12(19)16-11)17-6-8-7(13(17)20)2-1-3-9(8)15-14(21)22/h1-3,10,15H,4-6H2,(H,21,22)(H,16,18,19). The Kier molecular flexibility index (Phi) is 3.28. The SMILES string of the molecule is O=C(O)Nc1cccc2c1CN(C1CCC(=O)NC1=O)C2=O. The lowest BCUT2D eigenvalue weighted by atomic mass is 10.0. The molecule has 1 unspecified atom stereocenters. The van der Waals surface area contributed by atoms with Crippen molar-refractivity contribution in [2.75, 3.05) is 5.32 Å². The molecule has 0 aromatic heterocycles. The molecular weight excluding hydrogens is 290 g/mol. The summed E-state index contributed by atoms with van der Waals surface area (Å²) in [6.45, 7) is 0.136. The summed E-state index contributed by atoms with van der Waals surface area (Å²) < 4.78 is 0. The van der Waals surface area contributed by atoms with Crippen LogP contribution in [0.4, 0.5) is 10.5 Å². The van der Waals surface area contributed by atoms with Gasteiger partial charge in [-0.15, -0.1) is 0 Å². The van der Waals surface area contributed by atoms with Crippen molar-refractivity contribution in [3.63, 3.8) is 0 Å². The van der Waals surface area contributed by atoms with Crippen LogP contribution in [0.3, 0.4) is 0 Å². The average Bonchev–Trinajstić information content (AvgIpc) is 2.77. The molecule has 2 heterocycles. The van der Waals surface area contributed by atoms with Crippen LogP contribution in [-0.4, -0.2) is 39.9 Å². The maximum atomic E-state index is 12.4. The fraction of sp³-hybridized carbons (Fsp3) is 0.286. The minimum atomic E-state index is -1.22. The van der Waals surface area contributed by atoms with Crippen LogP contribution in [0.2, 0.25) is 0 Å². The van der Waals surface area contributed by atoms with Crippen molar-refractivity contribution in [1.82, 2.24) is 10.2 Å². The summed E-state index contributed by atoms with van der Waals surface area (Å²) >= 11 is 0. The van der Waals surface area contributed by atoms with Crippen LogP contribution in [0.5, 0.6) is 0 Å². The Morgan fingerprint density at radius 3 is 2.77 bits per heavy atom. The summed E-state index contributed by atoms with van der Waals surface area (Å²) in [5.41, 5.74) is 1.24. The minimum Gasteiger partial charge on any atom is -0.465 e. The predicted molar refractivity (Wildman–Crippen MR) is 74.1 cm³/mol. The smallest absolute Gasteiger partial charge is 0.409 e. The highest BCUT2D eigenvalue weighted by molar-refractivity contribution is 6.06. The number of fused-ring (bicyclic) bond motifs is 1. The number of rotatable bonds is 2. The lowest BCUT2D eigenvalue weighted by molar-refractivity contribution is -0.136. The van der Waals surface area contributed by atoms with Gasteiger partial charge in [0, 0.05) is 29.8 Å². The fourth-order valence-corrected chi connectivity index (χ4v) is 2.82. The van der Waals surface area contributed by atoms with Crippen LogP contribution >= 0.6 is 0 Å². The molecule has 3 rings (SSSR count). The average molecular weight is 303 g/mol. The molecule has 4 amide bonds. The highest BCUT2D eigenvalue weighted by Crippen LogP contribution is 2.32. The maximum Gasteiger partial charge on any atom is 0.409 e. The van der Waals surface area contributed by atoms with E-state index in [1.807, 2.05) is 0 Å². The van der Waals surface area contributed by atoms with E-state index in [9.17, 15) is 19.2 Å². The Morgan fingerprint density at radius 2 is 2.09 bits per heavy atom. The van der Waals surface area contributed by atoms with E-state index in [1.165, 1.54) is 4.90 Å². The minimum absolute atomic E-state index is 0.136. The number of nitrogens with one attached hydrogen (secondary N) is 2. The number of piperidine rings is 1. The molecule has 8 heteroatoms. The van der Waals surface area contributed by atoms with Crippen LogP contribution in [0.25, 0.3) is 0 Å². The van der Waals surface area contributed by atoms with Gasteiger partial charge in [0.1, 0.15) is 6.04 Å². The van der Waals surface area contributed by atoms with Crippen LogP contribution < -0.4 is 10.6 Å². The molecule has 0 aliphatic carbocycles. The van der Waals surface area contributed by atoms with E-state index in [1.54, 1.807) is 18.2 Å². The Morgan fingerprint density at radius 1 is 1.32 bits per heavy atom. The van der Waals surface area contributed by atoms with Crippen LogP contribution in [0.1, 0.15) is 28.8 Å². The molecule has 1 aromatic carbocycles. The van der Waals surface area contributed by atoms with E-state index in [0.717, 1.165) is 0 Å². The monoisotopic (exact) mass is 303 g/mol. The van der Waals surface area contributed by atoms with Gasteiger partial charge in [0.15, 0.2) is 0 Å². The zero-order valence-electron chi connectivity index (χ0n) is 11.5. The molecule has 1 fully saturated rings. The molecule has 3 N–H and O–H groups in total. The van der Waals surface area contributed by atoms with Gasteiger partial charge in [-0.05, 0) is 18.6 Å². The first-order valence-corrected chi connectivity index (χ1v) is 6.74. The van der Waals surface area contributed by atoms with Crippen molar-refractivity contribution in [1.29, 1.82) is 0 Å². The van der Waals surface area contributed by atoms with Crippen molar-refractivity contribution in [3.05, 3.63) is 29.3 Å². The molecule has 22 heavy (non-hydrogen) atoms. The molecule has 2 aliphatic rings. The number of carbonyl (C=O) groups is 4. The first-order chi connectivity index (χ1) is 10.5. The molecule has 8 nitrogen and oxygen atoms in total. The number of nitrogens with zero attached hydrogens (tertiary/aromatic N) is 1. The van der Waals surface area contributed by atoms with Gasteiger partial charge in [-0.2, -0.15) is 0 Å². The zero-order chi connectivity index (χ0) is 15.9. The fourth-order valence-electron chi connectivity index (χ4n) is 2.82. The summed E-state index contributed by atoms with van der Waals surface area (Å²) in [4.78, 5) is 47.7. The molecule has 1 saturated heterocycles. The Balaban J connectivity index is 1.89. The number of carbonyl (C=O) groups excluding carboxylic acids is 3. The van der Waals surface area contributed by atoms with E-state index in [2.05, 4.69) is 10.6 Å². The van der Waals surface area contributed by atoms with E-state index in [0.29, 0.717) is 16.8 Å². The number of carboxylic acid groups (broad SMARTS) is 1. The van der Waals surface area contributed by atoms with Crippen molar-refractivity contribution < 1.29 is 24.3 Å². The van der Waals surface area contributed by atoms with Gasteiger partial charge in [-0.25, -0.2) is 4.79 Å². The zero-order valence-corrected chi connectivity index (χ0v) is 11.5. The number of imide groups is 1. The Labute approximate surface area is 125 Å². The molecule has 1 atom stereocenters. The van der Waals surface area contributed by atoms with Gasteiger partial charge in [0.2, 0.25) is 11.8 Å². The predicted octanol–water partition coefficient (Wildman–Crippen LogP) is 0.537. The van der Waals surface area contributed by atoms with Crippen molar-refractivity contribution in [2.45, 2.75) is 25.4 Å². The third-order valence-corrected chi connectivity index (χ3v) is 3.82. The molecule has 1 aromatic rings. The second-order valence-corrected chi connectivity index (χ2v) is 5.16. The van der Waals surface area contributed by atoms with Crippen molar-refractivity contribution in [2.24, 2.45) is 0 Å². The molecule has 0 bridgehead atoms. The van der Waals surface area contributed by atoms with E-state index < -0.39 is 18.0 Å².